The Balaban J connectivity index is 3.23. The summed E-state index contributed by atoms with van der Waals surface area (Å²) in [6.07, 6.45) is 0.397. The second kappa shape index (κ2) is 4.51. The molecule has 0 saturated carbocycles. The summed E-state index contributed by atoms with van der Waals surface area (Å²) in [5, 5.41) is 9.15. The van der Waals surface area contributed by atoms with Gasteiger partial charge in [-0.25, -0.2) is 4.39 Å². The fraction of sp³-hybridized carbons (Fsp3) is 0.417. The van der Waals surface area contributed by atoms with Crippen molar-refractivity contribution in [3.8, 4) is 5.75 Å². The van der Waals surface area contributed by atoms with Gasteiger partial charge in [-0.2, -0.15) is 0 Å². The first-order valence-electron chi connectivity index (χ1n) is 5.03. The first-order valence-corrected chi connectivity index (χ1v) is 5.03. The van der Waals surface area contributed by atoms with Gasteiger partial charge in [0, 0.05) is 0 Å². The fourth-order valence-electron chi connectivity index (χ4n) is 1.49. The van der Waals surface area contributed by atoms with Gasteiger partial charge < -0.3 is 9.84 Å². The quantitative estimate of drug-likeness (QED) is 0.858. The molecule has 1 aromatic rings. The van der Waals surface area contributed by atoms with E-state index in [1.165, 1.54) is 19.2 Å². The van der Waals surface area contributed by atoms with Crippen LogP contribution < -0.4 is 4.74 Å². The normalized spacial score (nSPS) is 14.2. The van der Waals surface area contributed by atoms with Gasteiger partial charge in [0.15, 0.2) is 11.6 Å². The van der Waals surface area contributed by atoms with E-state index in [1.54, 1.807) is 19.9 Å². The minimum Gasteiger partial charge on any atom is -0.494 e. The highest BCUT2D eigenvalue weighted by molar-refractivity contribution is 5.80. The highest BCUT2D eigenvalue weighted by Gasteiger charge is 2.33. The highest BCUT2D eigenvalue weighted by Crippen LogP contribution is 2.30. The summed E-state index contributed by atoms with van der Waals surface area (Å²) in [5.41, 5.74) is -0.617. The fourth-order valence-corrected chi connectivity index (χ4v) is 1.49. The largest absolute Gasteiger partial charge is 0.494 e. The summed E-state index contributed by atoms with van der Waals surface area (Å²) in [6, 6.07) is 4.25. The van der Waals surface area contributed by atoms with Crippen LogP contribution in [0.4, 0.5) is 4.39 Å². The van der Waals surface area contributed by atoms with E-state index in [9.17, 15) is 9.18 Å². The molecule has 0 radical (unpaired) electrons. The molecule has 0 fully saturated rings. The minimum absolute atomic E-state index is 0.118. The summed E-state index contributed by atoms with van der Waals surface area (Å²) in [4.78, 5) is 11.2. The van der Waals surface area contributed by atoms with Gasteiger partial charge in [-0.15, -0.1) is 0 Å². The molecule has 0 bridgehead atoms. The molecule has 0 aliphatic rings. The van der Waals surface area contributed by atoms with Crippen molar-refractivity contribution >= 4 is 5.97 Å². The maximum Gasteiger partial charge on any atom is 0.313 e. The zero-order chi connectivity index (χ0) is 12.3. The lowest BCUT2D eigenvalue weighted by Crippen LogP contribution is -2.31. The minimum atomic E-state index is -1.06. The molecule has 0 saturated heterocycles. The number of halogens is 1. The molecule has 0 aromatic heterocycles. The first-order chi connectivity index (χ1) is 7.45. The Morgan fingerprint density at radius 2 is 2.19 bits per heavy atom. The van der Waals surface area contributed by atoms with Crippen molar-refractivity contribution in [2.24, 2.45) is 0 Å². The zero-order valence-electron chi connectivity index (χ0n) is 9.58. The van der Waals surface area contributed by atoms with E-state index in [0.717, 1.165) is 0 Å². The van der Waals surface area contributed by atoms with Crippen LogP contribution >= 0.6 is 0 Å². The lowest BCUT2D eigenvalue weighted by molar-refractivity contribution is -0.143. The van der Waals surface area contributed by atoms with Gasteiger partial charge in [0.1, 0.15) is 0 Å². The second-order valence-electron chi connectivity index (χ2n) is 3.84. The topological polar surface area (TPSA) is 46.5 Å². The van der Waals surface area contributed by atoms with Gasteiger partial charge in [0.05, 0.1) is 12.5 Å². The van der Waals surface area contributed by atoms with Crippen molar-refractivity contribution in [3.05, 3.63) is 29.6 Å². The number of carboxylic acid groups (broad SMARTS) is 1. The van der Waals surface area contributed by atoms with Crippen molar-refractivity contribution in [1.29, 1.82) is 0 Å². The summed E-state index contributed by atoms with van der Waals surface area (Å²) in [6.45, 7) is 3.34. The molecule has 0 heterocycles. The van der Waals surface area contributed by atoms with Gasteiger partial charge in [0.25, 0.3) is 0 Å². The number of hydrogen-bond acceptors (Lipinski definition) is 2. The predicted octanol–water partition coefficient (Wildman–Crippen LogP) is 2.59. The molecule has 0 aliphatic heterocycles. The van der Waals surface area contributed by atoms with Crippen molar-refractivity contribution < 1.29 is 19.0 Å². The van der Waals surface area contributed by atoms with E-state index in [-0.39, 0.29) is 5.75 Å². The van der Waals surface area contributed by atoms with E-state index < -0.39 is 17.2 Å². The number of carboxylic acids is 1. The SMILES string of the molecule is CCC(C)(C(=O)O)c1ccc(OC)c(F)c1. The van der Waals surface area contributed by atoms with Crippen LogP contribution in [0.5, 0.6) is 5.75 Å². The Morgan fingerprint density at radius 3 is 2.56 bits per heavy atom. The van der Waals surface area contributed by atoms with E-state index >= 15 is 0 Å². The third-order valence-corrected chi connectivity index (χ3v) is 2.97. The number of rotatable bonds is 4. The van der Waals surface area contributed by atoms with Gasteiger partial charge in [-0.1, -0.05) is 13.0 Å². The Labute approximate surface area is 93.9 Å². The van der Waals surface area contributed by atoms with Crippen LogP contribution in [0.2, 0.25) is 0 Å². The first kappa shape index (κ1) is 12.5. The summed E-state index contributed by atoms with van der Waals surface area (Å²) in [7, 11) is 1.37. The van der Waals surface area contributed by atoms with Crippen LogP contribution in [0.3, 0.4) is 0 Å². The molecular formula is C12H15FO3. The number of methoxy groups -OCH3 is 1. The molecule has 1 aromatic carbocycles. The molecular weight excluding hydrogens is 211 g/mol. The smallest absolute Gasteiger partial charge is 0.313 e. The highest BCUT2D eigenvalue weighted by atomic mass is 19.1. The molecule has 0 spiro atoms. The molecule has 16 heavy (non-hydrogen) atoms. The van der Waals surface area contributed by atoms with Crippen LogP contribution in [-0.2, 0) is 10.2 Å². The lowest BCUT2D eigenvalue weighted by Gasteiger charge is -2.23. The third kappa shape index (κ3) is 2.01. The zero-order valence-corrected chi connectivity index (χ0v) is 9.58. The Bertz CT molecular complexity index is 403. The number of hydrogen-bond donors (Lipinski definition) is 1. The molecule has 0 aliphatic carbocycles. The molecule has 1 N–H and O–H groups in total. The number of carbonyl (C=O) groups is 1. The Hall–Kier alpha value is -1.58. The van der Waals surface area contributed by atoms with Crippen LogP contribution in [0.1, 0.15) is 25.8 Å². The summed E-state index contributed by atoms with van der Waals surface area (Å²) in [5.74, 6) is -1.38. The molecule has 4 heteroatoms. The van der Waals surface area contributed by atoms with E-state index in [0.29, 0.717) is 12.0 Å². The van der Waals surface area contributed by atoms with Gasteiger partial charge in [-0.05, 0) is 31.0 Å². The number of aliphatic carboxylic acids is 1. The van der Waals surface area contributed by atoms with E-state index in [4.69, 9.17) is 9.84 Å². The average Bonchev–Trinajstić information content (AvgIpc) is 2.27. The predicted molar refractivity (Wildman–Crippen MR) is 58.2 cm³/mol. The molecule has 1 unspecified atom stereocenters. The maximum absolute atomic E-state index is 13.5. The van der Waals surface area contributed by atoms with Gasteiger partial charge in [0.2, 0.25) is 0 Å². The van der Waals surface area contributed by atoms with Crippen molar-refractivity contribution in [1.82, 2.24) is 0 Å². The van der Waals surface area contributed by atoms with Crippen LogP contribution in [0.15, 0.2) is 18.2 Å². The van der Waals surface area contributed by atoms with E-state index in [2.05, 4.69) is 0 Å². The Morgan fingerprint density at radius 1 is 1.56 bits per heavy atom. The second-order valence-corrected chi connectivity index (χ2v) is 3.84. The van der Waals surface area contributed by atoms with Gasteiger partial charge in [-0.3, -0.25) is 4.79 Å². The van der Waals surface area contributed by atoms with Crippen molar-refractivity contribution in [3.63, 3.8) is 0 Å². The third-order valence-electron chi connectivity index (χ3n) is 2.97. The molecule has 1 rings (SSSR count). The molecule has 1 atom stereocenters. The molecule has 0 amide bonds. The molecule has 88 valence electrons. The average molecular weight is 226 g/mol. The standard InChI is InChI=1S/C12H15FO3/c1-4-12(2,11(14)15)8-5-6-10(16-3)9(13)7-8/h5-7H,4H2,1-3H3,(H,14,15). The van der Waals surface area contributed by atoms with Crippen LogP contribution in [0.25, 0.3) is 0 Å². The number of benzene rings is 1. The van der Waals surface area contributed by atoms with Gasteiger partial charge >= 0.3 is 5.97 Å². The monoisotopic (exact) mass is 226 g/mol. The summed E-state index contributed by atoms with van der Waals surface area (Å²) < 4.78 is 18.2. The van der Waals surface area contributed by atoms with Crippen molar-refractivity contribution in [2.45, 2.75) is 25.7 Å². The van der Waals surface area contributed by atoms with E-state index in [1.807, 2.05) is 0 Å². The Kier molecular flexibility index (Phi) is 3.52. The summed E-state index contributed by atoms with van der Waals surface area (Å²) >= 11 is 0. The molecule has 3 nitrogen and oxygen atoms in total. The van der Waals surface area contributed by atoms with Crippen molar-refractivity contribution in [2.75, 3.05) is 7.11 Å². The maximum atomic E-state index is 13.5. The lowest BCUT2D eigenvalue weighted by atomic mass is 9.80. The van der Waals surface area contributed by atoms with Crippen LogP contribution in [-0.4, -0.2) is 18.2 Å². The number of ether oxygens (including phenoxy) is 1. The van der Waals surface area contributed by atoms with Crippen LogP contribution in [0, 0.1) is 5.82 Å².